The maximum absolute atomic E-state index is 12.0. The number of aliphatic carboxylic acids is 1. The Morgan fingerprint density at radius 1 is 0.800 bits per heavy atom. The van der Waals surface area contributed by atoms with E-state index in [0.717, 1.165) is 9.75 Å². The molecule has 0 saturated heterocycles. The predicted octanol–water partition coefficient (Wildman–Crippen LogP) is 4.37. The summed E-state index contributed by atoms with van der Waals surface area (Å²) >= 11 is 4.17. The number of aliphatic hydroxyl groups is 1. The highest BCUT2D eigenvalue weighted by atomic mass is 32.1. The Bertz CT molecular complexity index is 1270. The molecule has 1 unspecified atom stereocenters. The topological polar surface area (TPSA) is 127 Å². The van der Waals surface area contributed by atoms with Gasteiger partial charge in [-0.3, -0.25) is 4.79 Å². The maximum Gasteiger partial charge on any atom is 0.344 e. The molecule has 1 atom stereocenters. The SMILES string of the molecule is O=C(CC(O)C(=O)O)c1cccs1.O=C1OC(c2cccs2)=C/C1=C1/C=C(c2cccs2)OC1=O. The second-order valence-electron chi connectivity index (χ2n) is 7.04. The molecule has 0 bridgehead atoms. The number of cyclic esters (lactones) is 2. The fraction of sp³-hybridized carbons (Fsp3) is 0.0833. The summed E-state index contributed by atoms with van der Waals surface area (Å²) in [7, 11) is 0. The van der Waals surface area contributed by atoms with E-state index in [4.69, 9.17) is 19.7 Å². The van der Waals surface area contributed by atoms with E-state index in [1.165, 1.54) is 34.0 Å². The molecule has 2 aliphatic rings. The molecule has 0 saturated carbocycles. The van der Waals surface area contributed by atoms with Crippen molar-refractivity contribution in [3.8, 4) is 0 Å². The van der Waals surface area contributed by atoms with Gasteiger partial charge in [0.2, 0.25) is 0 Å². The van der Waals surface area contributed by atoms with Crippen molar-refractivity contribution in [2.75, 3.05) is 0 Å². The van der Waals surface area contributed by atoms with Crippen LogP contribution in [-0.4, -0.2) is 40.0 Å². The molecule has 0 spiro atoms. The number of hydrogen-bond donors (Lipinski definition) is 2. The molecule has 2 N–H and O–H groups in total. The molecule has 8 nitrogen and oxygen atoms in total. The molecule has 35 heavy (non-hydrogen) atoms. The minimum atomic E-state index is -1.60. The monoisotopic (exact) mass is 528 g/mol. The molecular formula is C24H16O8S3. The van der Waals surface area contributed by atoms with Gasteiger partial charge in [-0.1, -0.05) is 18.2 Å². The molecule has 11 heteroatoms. The van der Waals surface area contributed by atoms with Crippen molar-refractivity contribution in [2.45, 2.75) is 12.5 Å². The standard InChI is InChI=1S/C16H8O4S2.C8H8O4S/c17-15-9(7-11(19-15)13-3-1-5-21-13)10-8-12(20-16(10)18)14-4-2-6-22-14;9-5(4-6(10)8(11)12)7-2-1-3-13-7/h1-8H;1-3,6,10H,4H2,(H,11,12)/b10-9+;. The number of Topliss-reactive ketones (excluding diaryl/α,β-unsaturated/α-hetero) is 1. The number of aliphatic hydroxyl groups excluding tert-OH is 1. The summed E-state index contributed by atoms with van der Waals surface area (Å²) in [4.78, 5) is 47.7. The molecule has 2 aliphatic heterocycles. The molecule has 0 aliphatic carbocycles. The number of carbonyl (C=O) groups is 4. The lowest BCUT2D eigenvalue weighted by Crippen LogP contribution is -2.22. The fourth-order valence-electron chi connectivity index (χ4n) is 3.01. The van der Waals surface area contributed by atoms with E-state index in [2.05, 4.69) is 0 Å². The van der Waals surface area contributed by atoms with Gasteiger partial charge in [-0.2, -0.15) is 0 Å². The average Bonchev–Trinajstić information content (AvgIpc) is 3.65. The third-order valence-corrected chi connectivity index (χ3v) is 7.35. The largest absolute Gasteiger partial charge is 0.479 e. The van der Waals surface area contributed by atoms with Crippen molar-refractivity contribution >= 4 is 69.2 Å². The second kappa shape index (κ2) is 10.7. The molecule has 0 fully saturated rings. The van der Waals surface area contributed by atoms with E-state index >= 15 is 0 Å². The number of carboxylic acids is 1. The summed E-state index contributed by atoms with van der Waals surface area (Å²) in [5, 5.41) is 22.7. The minimum Gasteiger partial charge on any atom is -0.479 e. The molecular weight excluding hydrogens is 512 g/mol. The minimum absolute atomic E-state index is 0.236. The number of hydrogen-bond acceptors (Lipinski definition) is 10. The molecule has 5 rings (SSSR count). The van der Waals surface area contributed by atoms with Gasteiger partial charge >= 0.3 is 17.9 Å². The number of carboxylic acid groups (broad SMARTS) is 1. The fourth-order valence-corrected chi connectivity index (χ4v) is 5.04. The van der Waals surface area contributed by atoms with Gasteiger partial charge in [0.15, 0.2) is 11.9 Å². The Balaban J connectivity index is 0.000000191. The normalized spacial score (nSPS) is 17.6. The molecule has 3 aromatic rings. The quantitative estimate of drug-likeness (QED) is 0.274. The smallest absolute Gasteiger partial charge is 0.344 e. The van der Waals surface area contributed by atoms with Crippen molar-refractivity contribution in [2.24, 2.45) is 0 Å². The van der Waals surface area contributed by atoms with E-state index in [1.807, 2.05) is 35.0 Å². The van der Waals surface area contributed by atoms with Gasteiger partial charge in [-0.15, -0.1) is 34.0 Å². The number of ketones is 1. The summed E-state index contributed by atoms with van der Waals surface area (Å²) in [6, 6.07) is 10.8. The first-order chi connectivity index (χ1) is 16.8. The Morgan fingerprint density at radius 2 is 1.29 bits per heavy atom. The number of thiophene rings is 3. The first kappa shape index (κ1) is 24.5. The summed E-state index contributed by atoms with van der Waals surface area (Å²) in [6.07, 6.45) is 1.22. The molecule has 0 aromatic carbocycles. The average molecular weight is 529 g/mol. The zero-order valence-corrected chi connectivity index (χ0v) is 20.2. The van der Waals surface area contributed by atoms with E-state index < -0.39 is 24.0 Å². The first-order valence-electron chi connectivity index (χ1n) is 10.0. The summed E-state index contributed by atoms with van der Waals surface area (Å²) in [5.74, 6) is -1.84. The van der Waals surface area contributed by atoms with E-state index in [-0.39, 0.29) is 23.4 Å². The van der Waals surface area contributed by atoms with Crippen LogP contribution in [0.1, 0.15) is 25.8 Å². The van der Waals surface area contributed by atoms with E-state index in [0.29, 0.717) is 16.4 Å². The van der Waals surface area contributed by atoms with Crippen LogP contribution in [0.4, 0.5) is 0 Å². The van der Waals surface area contributed by atoms with Crippen molar-refractivity contribution < 1.29 is 38.9 Å². The third kappa shape index (κ3) is 5.72. The summed E-state index contributed by atoms with van der Waals surface area (Å²) in [5.41, 5.74) is 0.472. The number of rotatable bonds is 6. The van der Waals surface area contributed by atoms with Crippen LogP contribution in [0.3, 0.4) is 0 Å². The second-order valence-corrected chi connectivity index (χ2v) is 9.88. The number of carbonyl (C=O) groups excluding carboxylic acids is 3. The van der Waals surface area contributed by atoms with Crippen LogP contribution in [-0.2, 0) is 23.9 Å². The van der Waals surface area contributed by atoms with Crippen LogP contribution in [0.25, 0.3) is 11.5 Å². The summed E-state index contributed by atoms with van der Waals surface area (Å²) in [6.45, 7) is 0. The van der Waals surface area contributed by atoms with Gasteiger partial charge in [-0.25, -0.2) is 14.4 Å². The van der Waals surface area contributed by atoms with Gasteiger partial charge in [0.1, 0.15) is 11.5 Å². The molecule has 3 aromatic heterocycles. The Hall–Kier alpha value is -3.64. The van der Waals surface area contributed by atoms with Crippen molar-refractivity contribution in [3.63, 3.8) is 0 Å². The van der Waals surface area contributed by atoms with Gasteiger partial charge in [-0.05, 0) is 46.5 Å². The highest BCUT2D eigenvalue weighted by molar-refractivity contribution is 7.12. The Kier molecular flexibility index (Phi) is 7.51. The van der Waals surface area contributed by atoms with Crippen LogP contribution in [0.5, 0.6) is 0 Å². The predicted molar refractivity (Wildman–Crippen MR) is 131 cm³/mol. The maximum atomic E-state index is 12.0. The van der Waals surface area contributed by atoms with Crippen LogP contribution in [0, 0.1) is 0 Å². The van der Waals surface area contributed by atoms with Crippen LogP contribution in [0.2, 0.25) is 0 Å². The van der Waals surface area contributed by atoms with Gasteiger partial charge in [0, 0.05) is 6.42 Å². The lowest BCUT2D eigenvalue weighted by Gasteiger charge is -2.01. The van der Waals surface area contributed by atoms with Crippen LogP contribution < -0.4 is 0 Å². The zero-order chi connectivity index (χ0) is 24.9. The zero-order valence-electron chi connectivity index (χ0n) is 17.7. The first-order valence-corrected chi connectivity index (χ1v) is 12.6. The highest BCUT2D eigenvalue weighted by Gasteiger charge is 2.32. The summed E-state index contributed by atoms with van der Waals surface area (Å²) < 4.78 is 10.5. The molecule has 178 valence electrons. The third-order valence-electron chi connectivity index (χ3n) is 4.67. The van der Waals surface area contributed by atoms with Crippen LogP contribution >= 0.6 is 34.0 Å². The lowest BCUT2D eigenvalue weighted by atomic mass is 10.1. The molecule has 0 radical (unpaired) electrons. The van der Waals surface area contributed by atoms with Crippen LogP contribution in [0.15, 0.2) is 75.8 Å². The van der Waals surface area contributed by atoms with E-state index in [1.54, 1.807) is 29.7 Å². The van der Waals surface area contributed by atoms with Crippen molar-refractivity contribution in [1.29, 1.82) is 0 Å². The van der Waals surface area contributed by atoms with Crippen molar-refractivity contribution in [1.82, 2.24) is 0 Å². The highest BCUT2D eigenvalue weighted by Crippen LogP contribution is 2.35. The molecule has 0 amide bonds. The Morgan fingerprint density at radius 3 is 1.69 bits per heavy atom. The van der Waals surface area contributed by atoms with Gasteiger partial charge in [0.25, 0.3) is 0 Å². The number of ether oxygens (including phenoxy) is 2. The van der Waals surface area contributed by atoms with Gasteiger partial charge in [0.05, 0.1) is 25.8 Å². The van der Waals surface area contributed by atoms with Gasteiger partial charge < -0.3 is 19.7 Å². The number of esters is 2. The lowest BCUT2D eigenvalue weighted by molar-refractivity contribution is -0.146. The Labute approximate surface area is 210 Å². The van der Waals surface area contributed by atoms with E-state index in [9.17, 15) is 19.2 Å². The molecule has 5 heterocycles. The van der Waals surface area contributed by atoms with Crippen molar-refractivity contribution in [3.05, 3.63) is 90.5 Å².